The molecule has 0 saturated carbocycles. The van der Waals surface area contributed by atoms with Crippen LogP contribution in [0.3, 0.4) is 0 Å². The number of azo groups is 1. The first kappa shape index (κ1) is 61.0. The third-order valence-corrected chi connectivity index (χ3v) is 8.55. The van der Waals surface area contributed by atoms with Crippen LogP contribution in [-0.2, 0) is 5.41 Å². The Morgan fingerprint density at radius 3 is 1.54 bits per heavy atom. The normalized spacial score (nSPS) is 10.5. The first-order valence-electron chi connectivity index (χ1n) is 16.2. The molecule has 6 rings (SSSR count). The van der Waals surface area contributed by atoms with Crippen molar-refractivity contribution < 1.29 is 312 Å². The van der Waals surface area contributed by atoms with E-state index in [4.69, 9.17) is 0 Å². The summed E-state index contributed by atoms with van der Waals surface area (Å²) in [5, 5.41) is 95.8. The van der Waals surface area contributed by atoms with E-state index in [1.807, 2.05) is 0 Å². The van der Waals surface area contributed by atoms with Gasteiger partial charge in [0, 0.05) is 27.9 Å². The molecule has 0 saturated heterocycles. The fourth-order valence-electron chi connectivity index (χ4n) is 5.14. The van der Waals surface area contributed by atoms with Gasteiger partial charge in [0.05, 0.1) is 35.5 Å². The van der Waals surface area contributed by atoms with Gasteiger partial charge < -0.3 is 65.2 Å². The molecule has 0 aliphatic rings. The second-order valence-electron chi connectivity index (χ2n) is 12.9. The molecule has 28 heteroatoms. The summed E-state index contributed by atoms with van der Waals surface area (Å²) in [6, 6.07) is 11.5. The van der Waals surface area contributed by atoms with Crippen LogP contribution < -0.4 is 293 Å². The first-order valence-corrected chi connectivity index (χ1v) is 17.0. The number of benzene rings is 3. The van der Waals surface area contributed by atoms with Gasteiger partial charge in [-0.15, -0.1) is 20.4 Å². The summed E-state index contributed by atoms with van der Waals surface area (Å²) in [5.41, 5.74) is -3.49. The summed E-state index contributed by atoms with van der Waals surface area (Å²) in [7, 11) is 0. The molecule has 0 atom stereocenters. The first-order chi connectivity index (χ1) is 27.4. The standard InChI is InChI=1S/C35H27N11O11S.5K/c1-35(2,3)23-22(41-43-34-44-42-24(58-34)20-6-4-5-7-21(20)30(56)57)25(47)46(45-23)33-39-31(36-18-10-14(26(48)49)8-15(11-18)27(50)51)38-32(40-33)37-19-12-16(28(52)53)9-17(13-19)29(54)55;;;;;/h4-13,47H,1-3H3,(H,48,49)(H,50,51)(H,52,53)(H,54,55)(H,56,57)(H2,36,37,38,39,40);;;;;/q;5*+1/p-5. The number of carboxylic acids is 5. The van der Waals surface area contributed by atoms with Crippen LogP contribution in [0, 0.1) is 0 Å². The smallest absolute Gasteiger partial charge is 0.545 e. The monoisotopic (exact) mass is 999 g/mol. The number of nitrogens with one attached hydrogen (secondary N) is 2. The topological polar surface area (TPSA) is 352 Å². The maximum Gasteiger partial charge on any atom is 1.00 e. The molecule has 22 nitrogen and oxygen atoms in total. The quantitative estimate of drug-likeness (QED) is 0.0714. The number of rotatable bonds is 13. The fourth-order valence-corrected chi connectivity index (χ4v) is 5.85. The zero-order valence-corrected chi connectivity index (χ0v) is 51.2. The number of anilines is 4. The molecule has 3 heterocycles. The van der Waals surface area contributed by atoms with Crippen LogP contribution in [0.2, 0.25) is 0 Å². The predicted molar refractivity (Wildman–Crippen MR) is 188 cm³/mol. The molecule has 6 aromatic rings. The van der Waals surface area contributed by atoms with E-state index >= 15 is 0 Å². The van der Waals surface area contributed by atoms with Crippen LogP contribution in [0.5, 0.6) is 5.88 Å². The summed E-state index contributed by atoms with van der Waals surface area (Å²) >= 11 is 0.881. The molecule has 0 bridgehead atoms. The summed E-state index contributed by atoms with van der Waals surface area (Å²) in [6.07, 6.45) is 0. The molecule has 294 valence electrons. The van der Waals surface area contributed by atoms with Gasteiger partial charge in [-0.2, -0.15) is 24.7 Å². The van der Waals surface area contributed by atoms with Gasteiger partial charge in [0.2, 0.25) is 17.8 Å². The number of aromatic carboxylic acids is 5. The van der Waals surface area contributed by atoms with Gasteiger partial charge >= 0.3 is 257 Å². The zero-order valence-electron chi connectivity index (χ0n) is 34.7. The van der Waals surface area contributed by atoms with E-state index in [1.165, 1.54) is 18.2 Å². The van der Waals surface area contributed by atoms with E-state index in [-0.39, 0.29) is 301 Å². The van der Waals surface area contributed by atoms with Crippen molar-refractivity contribution >= 4 is 75.3 Å². The van der Waals surface area contributed by atoms with Crippen LogP contribution in [0.25, 0.3) is 16.5 Å². The van der Waals surface area contributed by atoms with Gasteiger partial charge in [-0.3, -0.25) is 0 Å². The average molecular weight is 1000 g/mol. The minimum Gasteiger partial charge on any atom is -0.545 e. The van der Waals surface area contributed by atoms with Crippen molar-refractivity contribution in [3.63, 3.8) is 0 Å². The number of carbonyl (C=O) groups excluding carboxylic acids is 5. The fraction of sp³-hybridized carbons (Fsp3) is 0.114. The van der Waals surface area contributed by atoms with Crippen LogP contribution >= 0.6 is 11.3 Å². The Morgan fingerprint density at radius 2 is 1.11 bits per heavy atom. The summed E-state index contributed by atoms with van der Waals surface area (Å²) in [5.74, 6) is -10.4. The van der Waals surface area contributed by atoms with Gasteiger partial charge in [-0.05, 0) is 58.7 Å². The Hall–Kier alpha value is -0.0282. The summed E-state index contributed by atoms with van der Waals surface area (Å²) in [4.78, 5) is 70.9. The zero-order chi connectivity index (χ0) is 42.1. The van der Waals surface area contributed by atoms with Crippen molar-refractivity contribution in [1.29, 1.82) is 0 Å². The van der Waals surface area contributed by atoms with Crippen LogP contribution in [0.15, 0.2) is 70.9 Å². The number of hydrogen-bond acceptors (Lipinski definition) is 22. The van der Waals surface area contributed by atoms with Crippen molar-refractivity contribution in [2.24, 2.45) is 10.2 Å². The predicted octanol–water partition coefficient (Wildman–Crippen LogP) is -15.7. The van der Waals surface area contributed by atoms with Gasteiger partial charge in [-0.25, -0.2) is 0 Å². The largest absolute Gasteiger partial charge is 1.00 e. The molecule has 0 amide bonds. The van der Waals surface area contributed by atoms with Gasteiger partial charge in [-0.1, -0.05) is 56.4 Å². The van der Waals surface area contributed by atoms with Gasteiger partial charge in [0.15, 0.2) is 5.69 Å². The SMILES string of the molecule is CC(C)(C)c1nn(-c2nc(Nc3cc(C(=O)[O-])cc(C(=O)[O-])c3)nc(Nc3cc(C(=O)[O-])cc(C(=O)[O-])c3)n2)c(O)c1N=Nc1nnc(-c2ccccc2C(=O)[O-])s1.[K+].[K+].[K+].[K+].[K+]. The minimum atomic E-state index is -1.73. The van der Waals surface area contributed by atoms with E-state index in [1.54, 1.807) is 26.8 Å². The molecule has 3 N–H and O–H groups in total. The van der Waals surface area contributed by atoms with Crippen LogP contribution in [0.4, 0.5) is 34.1 Å². The molecule has 0 unspecified atom stereocenters. The Morgan fingerprint density at radius 1 is 0.651 bits per heavy atom. The molecule has 0 radical (unpaired) electrons. The molecular formula is C35H22K5N11O11S. The second-order valence-corrected chi connectivity index (χ2v) is 13.8. The number of aromatic nitrogens is 7. The number of aromatic hydroxyl groups is 1. The Kier molecular flexibility index (Phi) is 25.8. The third-order valence-electron chi connectivity index (χ3n) is 7.71. The van der Waals surface area contributed by atoms with Crippen molar-refractivity contribution in [2.75, 3.05) is 10.6 Å². The van der Waals surface area contributed by atoms with Gasteiger partial charge in [0.25, 0.3) is 11.1 Å². The van der Waals surface area contributed by atoms with Crippen LogP contribution in [0.1, 0.15) is 78.3 Å². The molecule has 3 aromatic carbocycles. The van der Waals surface area contributed by atoms with Crippen molar-refractivity contribution in [1.82, 2.24) is 34.9 Å². The molecule has 0 spiro atoms. The number of nitrogens with zero attached hydrogens (tertiary/aromatic N) is 9. The second kappa shape index (κ2) is 26.7. The third kappa shape index (κ3) is 15.7. The van der Waals surface area contributed by atoms with Crippen molar-refractivity contribution in [3.8, 4) is 22.4 Å². The summed E-state index contributed by atoms with van der Waals surface area (Å²) in [6.45, 7) is 5.18. The van der Waals surface area contributed by atoms with Crippen molar-refractivity contribution in [2.45, 2.75) is 26.2 Å². The summed E-state index contributed by atoms with van der Waals surface area (Å²) < 4.78 is 0.809. The van der Waals surface area contributed by atoms with Gasteiger partial charge in [0.1, 0.15) is 5.01 Å². The number of carboxylic acid groups (broad SMARTS) is 5. The number of hydrogen-bond donors (Lipinski definition) is 3. The molecule has 0 aliphatic heterocycles. The molecule has 3 aromatic heterocycles. The molecular weight excluding hydrogens is 978 g/mol. The van der Waals surface area contributed by atoms with Crippen molar-refractivity contribution in [3.05, 3.63) is 94.2 Å². The molecule has 0 aliphatic carbocycles. The maximum atomic E-state index is 11.6. The van der Waals surface area contributed by atoms with E-state index in [9.17, 15) is 54.6 Å². The van der Waals surface area contributed by atoms with Crippen LogP contribution in [-0.4, -0.2) is 69.9 Å². The average Bonchev–Trinajstić information content (AvgIpc) is 3.77. The van der Waals surface area contributed by atoms with E-state index in [0.717, 1.165) is 52.4 Å². The Labute approximate surface area is 572 Å². The van der Waals surface area contributed by atoms with E-state index in [2.05, 4.69) is 51.1 Å². The Balaban J connectivity index is 0.00000397. The molecule has 0 fully saturated rings. The Bertz CT molecular complexity index is 2570. The van der Waals surface area contributed by atoms with E-state index < -0.39 is 81.2 Å². The van der Waals surface area contributed by atoms with E-state index in [0.29, 0.717) is 0 Å². The number of carbonyl (C=O) groups is 5. The minimum absolute atomic E-state index is 0. The molecule has 63 heavy (non-hydrogen) atoms. The maximum absolute atomic E-state index is 11.6.